The molecule has 2 aromatic carbocycles. The summed E-state index contributed by atoms with van der Waals surface area (Å²) in [6.07, 6.45) is 7.64. The Morgan fingerprint density at radius 3 is 2.49 bits per heavy atom. The molecular weight excluding hydrogens is 484 g/mol. The van der Waals surface area contributed by atoms with Crippen molar-refractivity contribution < 1.29 is 23.1 Å². The van der Waals surface area contributed by atoms with E-state index in [9.17, 15) is 13.2 Å². The molecule has 0 bridgehead atoms. The van der Waals surface area contributed by atoms with Crippen LogP contribution in [0.1, 0.15) is 67.3 Å². The van der Waals surface area contributed by atoms with Gasteiger partial charge in [-0.15, -0.1) is 11.3 Å². The summed E-state index contributed by atoms with van der Waals surface area (Å²) in [7, 11) is -2.63. The number of carboxylic acids is 1. The normalized spacial score (nSPS) is 18.2. The Morgan fingerprint density at radius 2 is 1.86 bits per heavy atom. The Kier molecular flexibility index (Phi) is 7.76. The van der Waals surface area contributed by atoms with E-state index in [0.29, 0.717) is 10.9 Å². The number of rotatable bonds is 9. The number of anilines is 1. The van der Waals surface area contributed by atoms with E-state index in [-0.39, 0.29) is 22.0 Å². The van der Waals surface area contributed by atoms with Gasteiger partial charge in [0.15, 0.2) is 5.03 Å². The van der Waals surface area contributed by atoms with Crippen molar-refractivity contribution in [2.24, 2.45) is 5.92 Å². The van der Waals surface area contributed by atoms with Gasteiger partial charge in [0.05, 0.1) is 18.4 Å². The van der Waals surface area contributed by atoms with Gasteiger partial charge in [-0.1, -0.05) is 44.0 Å². The molecule has 0 unspecified atom stereocenters. The van der Waals surface area contributed by atoms with Gasteiger partial charge in [0.1, 0.15) is 10.8 Å². The van der Waals surface area contributed by atoms with E-state index < -0.39 is 16.0 Å². The molecule has 35 heavy (non-hydrogen) atoms. The number of aromatic carboxylic acids is 1. The van der Waals surface area contributed by atoms with Gasteiger partial charge < -0.3 is 9.84 Å². The van der Waals surface area contributed by atoms with E-state index in [1.165, 1.54) is 86.1 Å². The van der Waals surface area contributed by atoms with Crippen LogP contribution in [-0.4, -0.2) is 31.6 Å². The maximum Gasteiger partial charge on any atom is 0.335 e. The van der Waals surface area contributed by atoms with Crippen molar-refractivity contribution in [1.29, 1.82) is 0 Å². The van der Waals surface area contributed by atoms with Crippen LogP contribution in [0, 0.1) is 5.92 Å². The average molecular weight is 515 g/mol. The summed E-state index contributed by atoms with van der Waals surface area (Å²) in [4.78, 5) is 15.5. The van der Waals surface area contributed by atoms with Crippen LogP contribution in [0.2, 0.25) is 0 Å². The number of methoxy groups -OCH3 is 1. The van der Waals surface area contributed by atoms with Crippen LogP contribution < -0.4 is 9.46 Å². The SMILES string of the molecule is CCCC1CCC(c2ccc(-c3nc(S(=O)(=O)Nc4ccc(C(=O)O)cc4OC)cs3)cc2)CC1. The van der Waals surface area contributed by atoms with Crippen molar-refractivity contribution in [1.82, 2.24) is 4.98 Å². The highest BCUT2D eigenvalue weighted by molar-refractivity contribution is 7.92. The summed E-state index contributed by atoms with van der Waals surface area (Å²) < 4.78 is 33.5. The number of nitrogens with zero attached hydrogens (tertiary/aromatic N) is 1. The van der Waals surface area contributed by atoms with Gasteiger partial charge in [-0.3, -0.25) is 4.72 Å². The third-order valence-electron chi connectivity index (χ3n) is 6.62. The van der Waals surface area contributed by atoms with Crippen LogP contribution in [0.3, 0.4) is 0 Å². The lowest BCUT2D eigenvalue weighted by Gasteiger charge is -2.28. The smallest absolute Gasteiger partial charge is 0.335 e. The number of nitrogens with one attached hydrogen (secondary N) is 1. The Bertz CT molecular complexity index is 1280. The quantitative estimate of drug-likeness (QED) is 0.343. The third kappa shape index (κ3) is 5.85. The molecule has 9 heteroatoms. The molecule has 2 N–H and O–H groups in total. The minimum absolute atomic E-state index is 0.00167. The maximum absolute atomic E-state index is 12.9. The fraction of sp³-hybridized carbons (Fsp3) is 0.385. The van der Waals surface area contributed by atoms with Crippen molar-refractivity contribution in [2.75, 3.05) is 11.8 Å². The number of carbonyl (C=O) groups is 1. The first-order chi connectivity index (χ1) is 16.8. The molecule has 0 spiro atoms. The average Bonchev–Trinajstić information content (AvgIpc) is 3.36. The highest BCUT2D eigenvalue weighted by Gasteiger charge is 2.23. The first-order valence-electron chi connectivity index (χ1n) is 11.8. The molecule has 0 saturated heterocycles. The molecule has 4 rings (SSSR count). The highest BCUT2D eigenvalue weighted by Crippen LogP contribution is 2.38. The number of hydrogen-bond donors (Lipinski definition) is 2. The minimum atomic E-state index is -3.98. The first kappa shape index (κ1) is 25.2. The number of carboxylic acid groups (broad SMARTS) is 1. The molecular formula is C26H30N2O5S2. The van der Waals surface area contributed by atoms with E-state index in [0.717, 1.165) is 11.5 Å². The molecule has 0 aliphatic heterocycles. The number of thiazole rings is 1. The van der Waals surface area contributed by atoms with Crippen LogP contribution in [-0.2, 0) is 10.0 Å². The molecule has 1 aromatic heterocycles. The molecule has 1 saturated carbocycles. The van der Waals surface area contributed by atoms with E-state index in [1.807, 2.05) is 12.1 Å². The lowest BCUT2D eigenvalue weighted by molar-refractivity contribution is 0.0696. The molecule has 1 heterocycles. The van der Waals surface area contributed by atoms with Crippen molar-refractivity contribution in [3.8, 4) is 16.3 Å². The topological polar surface area (TPSA) is 106 Å². The summed E-state index contributed by atoms with van der Waals surface area (Å²) in [6.45, 7) is 2.26. The number of hydrogen-bond acceptors (Lipinski definition) is 6. The summed E-state index contributed by atoms with van der Waals surface area (Å²) >= 11 is 1.26. The zero-order chi connectivity index (χ0) is 25.0. The van der Waals surface area contributed by atoms with Crippen LogP contribution in [0.5, 0.6) is 5.75 Å². The van der Waals surface area contributed by atoms with E-state index in [4.69, 9.17) is 9.84 Å². The zero-order valence-electron chi connectivity index (χ0n) is 19.9. The molecule has 0 atom stereocenters. The lowest BCUT2D eigenvalue weighted by atomic mass is 9.77. The van der Waals surface area contributed by atoms with E-state index >= 15 is 0 Å². The predicted molar refractivity (Wildman–Crippen MR) is 138 cm³/mol. The number of aromatic nitrogens is 1. The highest BCUT2D eigenvalue weighted by atomic mass is 32.2. The van der Waals surface area contributed by atoms with Crippen molar-refractivity contribution >= 4 is 33.0 Å². The summed E-state index contributed by atoms with van der Waals surface area (Å²) in [5.41, 5.74) is 2.36. The Hall–Kier alpha value is -2.91. The van der Waals surface area contributed by atoms with Gasteiger partial charge in [-0.2, -0.15) is 8.42 Å². The van der Waals surface area contributed by atoms with Crippen molar-refractivity contribution in [2.45, 2.75) is 56.4 Å². The second-order valence-electron chi connectivity index (χ2n) is 8.94. The number of ether oxygens (including phenoxy) is 1. The molecule has 186 valence electrons. The third-order valence-corrected chi connectivity index (χ3v) is 8.91. The molecule has 0 amide bonds. The van der Waals surface area contributed by atoms with Crippen LogP contribution in [0.25, 0.3) is 10.6 Å². The Labute approximate surface area is 210 Å². The Morgan fingerprint density at radius 1 is 1.14 bits per heavy atom. The van der Waals surface area contributed by atoms with E-state index in [2.05, 4.69) is 28.8 Å². The first-order valence-corrected chi connectivity index (χ1v) is 14.2. The lowest BCUT2D eigenvalue weighted by Crippen LogP contribution is -2.14. The van der Waals surface area contributed by atoms with E-state index in [1.54, 1.807) is 0 Å². The van der Waals surface area contributed by atoms with Gasteiger partial charge in [0.2, 0.25) is 0 Å². The van der Waals surface area contributed by atoms with Gasteiger partial charge in [-0.05, 0) is 61.3 Å². The van der Waals surface area contributed by atoms with Gasteiger partial charge >= 0.3 is 5.97 Å². The fourth-order valence-electron chi connectivity index (χ4n) is 4.71. The second kappa shape index (κ2) is 10.8. The maximum atomic E-state index is 12.9. The predicted octanol–water partition coefficient (Wildman–Crippen LogP) is 6.39. The number of benzene rings is 2. The minimum Gasteiger partial charge on any atom is -0.495 e. The van der Waals surface area contributed by atoms with Gasteiger partial charge in [-0.25, -0.2) is 9.78 Å². The van der Waals surface area contributed by atoms with Gasteiger partial charge in [0, 0.05) is 10.9 Å². The van der Waals surface area contributed by atoms with Crippen LogP contribution in [0.15, 0.2) is 52.9 Å². The molecule has 1 aliphatic carbocycles. The van der Waals surface area contributed by atoms with Crippen LogP contribution >= 0.6 is 11.3 Å². The molecule has 3 aromatic rings. The molecule has 1 aliphatic rings. The monoisotopic (exact) mass is 514 g/mol. The second-order valence-corrected chi connectivity index (χ2v) is 11.4. The summed E-state index contributed by atoms with van der Waals surface area (Å²) in [5.74, 6) is 0.450. The standard InChI is InChI=1S/C26H30N2O5S2/c1-3-4-17-5-7-18(8-6-17)19-9-11-20(12-10-19)25-27-24(16-34-25)35(31,32)28-22-14-13-21(26(29)30)15-23(22)33-2/h9-18,28H,3-8H2,1-2H3,(H,29,30). The molecule has 7 nitrogen and oxygen atoms in total. The Balaban J connectivity index is 1.46. The number of sulfonamides is 1. The summed E-state index contributed by atoms with van der Waals surface area (Å²) in [5, 5.41) is 11.2. The van der Waals surface area contributed by atoms with Crippen molar-refractivity contribution in [3.05, 3.63) is 59.0 Å². The van der Waals surface area contributed by atoms with Crippen LogP contribution in [0.4, 0.5) is 5.69 Å². The van der Waals surface area contributed by atoms with Crippen molar-refractivity contribution in [3.63, 3.8) is 0 Å². The largest absolute Gasteiger partial charge is 0.495 e. The molecule has 0 radical (unpaired) electrons. The van der Waals surface area contributed by atoms with Gasteiger partial charge in [0.25, 0.3) is 10.0 Å². The fourth-order valence-corrected chi connectivity index (χ4v) is 6.88. The molecule has 1 fully saturated rings. The summed E-state index contributed by atoms with van der Waals surface area (Å²) in [6, 6.07) is 12.3. The zero-order valence-corrected chi connectivity index (χ0v) is 21.5.